The standard InChI is InChI=1S/C21H21N3O3S/c25-19(14-27-18-6-5-15-3-1-2-4-17(15)13-18)24-10-7-16(8-11-24)20(26)23-21-22-9-12-28-21/h1-6,9,12-13,16H,7-8,10-11,14H2,(H,22,23,26). The summed E-state index contributed by atoms with van der Waals surface area (Å²) in [7, 11) is 0. The SMILES string of the molecule is O=C(Nc1nccs1)C1CCN(C(=O)COc2ccc3ccccc3c2)CC1. The lowest BCUT2D eigenvalue weighted by atomic mass is 9.96. The van der Waals surface area contributed by atoms with Crippen molar-refractivity contribution in [3.8, 4) is 5.75 Å². The van der Waals surface area contributed by atoms with Crippen LogP contribution < -0.4 is 10.1 Å². The number of amides is 2. The molecule has 1 N–H and O–H groups in total. The van der Waals surface area contributed by atoms with E-state index >= 15 is 0 Å². The molecule has 2 heterocycles. The lowest BCUT2D eigenvalue weighted by Crippen LogP contribution is -2.43. The molecule has 3 aromatic rings. The summed E-state index contributed by atoms with van der Waals surface area (Å²) in [6, 6.07) is 13.8. The molecule has 4 rings (SSSR count). The molecule has 144 valence electrons. The molecule has 6 nitrogen and oxygen atoms in total. The van der Waals surface area contributed by atoms with Gasteiger partial charge in [0.1, 0.15) is 5.75 Å². The zero-order valence-electron chi connectivity index (χ0n) is 15.3. The van der Waals surface area contributed by atoms with Gasteiger partial charge in [-0.25, -0.2) is 4.98 Å². The molecule has 7 heteroatoms. The molecule has 0 saturated carbocycles. The minimum atomic E-state index is -0.0886. The van der Waals surface area contributed by atoms with Crippen LogP contribution in [0, 0.1) is 5.92 Å². The Kier molecular flexibility index (Phi) is 5.53. The Morgan fingerprint density at radius 1 is 1.14 bits per heavy atom. The number of benzene rings is 2. The Morgan fingerprint density at radius 3 is 2.68 bits per heavy atom. The van der Waals surface area contributed by atoms with Gasteiger partial charge in [0.05, 0.1) is 0 Å². The number of likely N-dealkylation sites (tertiary alicyclic amines) is 1. The van der Waals surface area contributed by atoms with E-state index in [4.69, 9.17) is 4.74 Å². The van der Waals surface area contributed by atoms with Crippen molar-refractivity contribution in [1.29, 1.82) is 0 Å². The van der Waals surface area contributed by atoms with Gasteiger partial charge < -0.3 is 15.0 Å². The molecule has 1 saturated heterocycles. The van der Waals surface area contributed by atoms with Crippen LogP contribution in [0.25, 0.3) is 10.8 Å². The van der Waals surface area contributed by atoms with Crippen LogP contribution in [-0.4, -0.2) is 41.4 Å². The van der Waals surface area contributed by atoms with Gasteiger partial charge in [0.2, 0.25) is 5.91 Å². The van der Waals surface area contributed by atoms with Gasteiger partial charge in [-0.2, -0.15) is 0 Å². The molecule has 1 aliphatic heterocycles. The fraction of sp³-hybridized carbons (Fsp3) is 0.286. The molecule has 0 atom stereocenters. The highest BCUT2D eigenvalue weighted by Gasteiger charge is 2.27. The summed E-state index contributed by atoms with van der Waals surface area (Å²) in [5.74, 6) is 0.528. The van der Waals surface area contributed by atoms with Crippen LogP contribution in [0.4, 0.5) is 5.13 Å². The van der Waals surface area contributed by atoms with Gasteiger partial charge >= 0.3 is 0 Å². The number of rotatable bonds is 5. The van der Waals surface area contributed by atoms with Crippen LogP contribution >= 0.6 is 11.3 Å². The highest BCUT2D eigenvalue weighted by Crippen LogP contribution is 2.22. The van der Waals surface area contributed by atoms with E-state index in [-0.39, 0.29) is 24.3 Å². The van der Waals surface area contributed by atoms with Gasteiger partial charge in [-0.1, -0.05) is 30.3 Å². The van der Waals surface area contributed by atoms with E-state index in [1.807, 2.05) is 47.8 Å². The monoisotopic (exact) mass is 395 g/mol. The number of hydrogen-bond acceptors (Lipinski definition) is 5. The summed E-state index contributed by atoms with van der Waals surface area (Å²) in [4.78, 5) is 30.6. The first-order valence-electron chi connectivity index (χ1n) is 9.29. The quantitative estimate of drug-likeness (QED) is 0.717. The van der Waals surface area contributed by atoms with Gasteiger partial charge in [-0.15, -0.1) is 11.3 Å². The Balaban J connectivity index is 1.26. The molecular formula is C21H21N3O3S. The second kappa shape index (κ2) is 8.39. The van der Waals surface area contributed by atoms with Gasteiger partial charge in [0.15, 0.2) is 11.7 Å². The van der Waals surface area contributed by atoms with E-state index in [1.165, 1.54) is 11.3 Å². The summed E-state index contributed by atoms with van der Waals surface area (Å²) in [6.07, 6.45) is 2.97. The topological polar surface area (TPSA) is 71.5 Å². The number of anilines is 1. The summed E-state index contributed by atoms with van der Waals surface area (Å²) in [5.41, 5.74) is 0. The lowest BCUT2D eigenvalue weighted by Gasteiger charge is -2.31. The first kappa shape index (κ1) is 18.4. The number of hydrogen-bond donors (Lipinski definition) is 1. The summed E-state index contributed by atoms with van der Waals surface area (Å²) in [5, 5.41) is 7.50. The average molecular weight is 395 g/mol. The van der Waals surface area contributed by atoms with Crippen molar-refractivity contribution in [1.82, 2.24) is 9.88 Å². The van der Waals surface area contributed by atoms with Crippen LogP contribution in [0.1, 0.15) is 12.8 Å². The number of aromatic nitrogens is 1. The number of nitrogens with one attached hydrogen (secondary N) is 1. The molecule has 0 unspecified atom stereocenters. The van der Waals surface area contributed by atoms with Gasteiger partial charge in [0.25, 0.3) is 5.91 Å². The molecule has 0 spiro atoms. The van der Waals surface area contributed by atoms with Crippen LogP contribution in [0.15, 0.2) is 54.0 Å². The van der Waals surface area contributed by atoms with Crippen LogP contribution in [-0.2, 0) is 9.59 Å². The van der Waals surface area contributed by atoms with Gasteiger partial charge in [-0.05, 0) is 35.7 Å². The molecule has 28 heavy (non-hydrogen) atoms. The van der Waals surface area contributed by atoms with Crippen molar-refractivity contribution >= 4 is 39.1 Å². The van der Waals surface area contributed by atoms with E-state index in [0.29, 0.717) is 36.8 Å². The highest BCUT2D eigenvalue weighted by molar-refractivity contribution is 7.13. The number of piperidine rings is 1. The number of carbonyl (C=O) groups excluding carboxylic acids is 2. The maximum Gasteiger partial charge on any atom is 0.260 e. The lowest BCUT2D eigenvalue weighted by molar-refractivity contribution is -0.136. The fourth-order valence-corrected chi connectivity index (χ4v) is 3.91. The number of ether oxygens (including phenoxy) is 1. The largest absolute Gasteiger partial charge is 0.484 e. The molecular weight excluding hydrogens is 374 g/mol. The van der Waals surface area contributed by atoms with Crippen molar-refractivity contribution in [2.75, 3.05) is 25.0 Å². The minimum absolute atomic E-state index is 0.00825. The van der Waals surface area contributed by atoms with Crippen molar-refractivity contribution in [3.05, 3.63) is 54.0 Å². The summed E-state index contributed by atoms with van der Waals surface area (Å²) >= 11 is 1.40. The Hall–Kier alpha value is -2.93. The molecule has 1 fully saturated rings. The Bertz CT molecular complexity index is 966. The van der Waals surface area contributed by atoms with Crippen LogP contribution in [0.2, 0.25) is 0 Å². The molecule has 2 amide bonds. The van der Waals surface area contributed by atoms with E-state index in [9.17, 15) is 9.59 Å². The normalized spacial score (nSPS) is 14.8. The number of fused-ring (bicyclic) bond motifs is 1. The van der Waals surface area contributed by atoms with Crippen molar-refractivity contribution in [2.24, 2.45) is 5.92 Å². The van der Waals surface area contributed by atoms with E-state index in [0.717, 1.165) is 10.8 Å². The molecule has 0 aliphatic carbocycles. The van der Waals surface area contributed by atoms with Crippen LogP contribution in [0.5, 0.6) is 5.75 Å². The second-order valence-electron chi connectivity index (χ2n) is 6.78. The third-order valence-corrected chi connectivity index (χ3v) is 5.65. The van der Waals surface area contributed by atoms with E-state index in [2.05, 4.69) is 10.3 Å². The average Bonchev–Trinajstić information content (AvgIpc) is 3.25. The molecule has 2 aromatic carbocycles. The van der Waals surface area contributed by atoms with Crippen molar-refractivity contribution in [3.63, 3.8) is 0 Å². The predicted molar refractivity (Wildman–Crippen MR) is 109 cm³/mol. The zero-order valence-corrected chi connectivity index (χ0v) is 16.2. The Morgan fingerprint density at radius 2 is 1.93 bits per heavy atom. The first-order chi connectivity index (χ1) is 13.7. The van der Waals surface area contributed by atoms with Crippen LogP contribution in [0.3, 0.4) is 0 Å². The second-order valence-corrected chi connectivity index (χ2v) is 7.67. The number of carbonyl (C=O) groups is 2. The van der Waals surface area contributed by atoms with E-state index in [1.54, 1.807) is 11.1 Å². The number of thiazole rings is 1. The predicted octanol–water partition coefficient (Wildman–Crippen LogP) is 3.55. The maximum atomic E-state index is 12.5. The zero-order chi connectivity index (χ0) is 19.3. The molecule has 0 bridgehead atoms. The Labute approximate surface area is 167 Å². The fourth-order valence-electron chi connectivity index (χ4n) is 3.38. The van der Waals surface area contributed by atoms with Gasteiger partial charge in [-0.3, -0.25) is 9.59 Å². The number of nitrogens with zero attached hydrogens (tertiary/aromatic N) is 2. The summed E-state index contributed by atoms with van der Waals surface area (Å²) in [6.45, 7) is 1.14. The minimum Gasteiger partial charge on any atom is -0.484 e. The molecule has 1 aromatic heterocycles. The van der Waals surface area contributed by atoms with Gasteiger partial charge in [0, 0.05) is 30.6 Å². The molecule has 0 radical (unpaired) electrons. The first-order valence-corrected chi connectivity index (χ1v) is 10.2. The van der Waals surface area contributed by atoms with E-state index < -0.39 is 0 Å². The smallest absolute Gasteiger partial charge is 0.260 e. The van der Waals surface area contributed by atoms with Crippen molar-refractivity contribution in [2.45, 2.75) is 12.8 Å². The van der Waals surface area contributed by atoms with Crippen molar-refractivity contribution < 1.29 is 14.3 Å². The third kappa shape index (κ3) is 4.31. The molecule has 1 aliphatic rings. The highest BCUT2D eigenvalue weighted by atomic mass is 32.1. The summed E-state index contributed by atoms with van der Waals surface area (Å²) < 4.78 is 5.70. The third-order valence-electron chi connectivity index (χ3n) is 4.96. The maximum absolute atomic E-state index is 12.5.